The topological polar surface area (TPSA) is 81.5 Å². The number of piperidine rings is 1. The van der Waals surface area contributed by atoms with E-state index in [-0.39, 0.29) is 18.5 Å². The number of aromatic nitrogens is 2. The molecular formula is C17H21N3O4S. The van der Waals surface area contributed by atoms with Gasteiger partial charge in [-0.15, -0.1) is 0 Å². The lowest BCUT2D eigenvalue weighted by Gasteiger charge is -2.28. The van der Waals surface area contributed by atoms with Crippen molar-refractivity contribution in [3.63, 3.8) is 0 Å². The lowest BCUT2D eigenvalue weighted by atomic mass is 9.98. The summed E-state index contributed by atoms with van der Waals surface area (Å²) in [6, 6.07) is 9.68. The zero-order chi connectivity index (χ0) is 17.9. The number of rotatable bonds is 5. The van der Waals surface area contributed by atoms with Gasteiger partial charge in [0.05, 0.1) is 24.1 Å². The molecule has 0 N–H and O–H groups in total. The van der Waals surface area contributed by atoms with Crippen molar-refractivity contribution in [3.8, 4) is 5.69 Å². The van der Waals surface area contributed by atoms with E-state index in [1.165, 1.54) is 10.6 Å². The van der Waals surface area contributed by atoms with E-state index in [0.717, 1.165) is 11.3 Å². The third kappa shape index (κ3) is 4.46. The van der Waals surface area contributed by atoms with Crippen LogP contribution in [-0.2, 0) is 26.2 Å². The van der Waals surface area contributed by atoms with Crippen LogP contribution in [0.2, 0.25) is 0 Å². The summed E-state index contributed by atoms with van der Waals surface area (Å²) in [5.41, 5.74) is 1.75. The Balaban J connectivity index is 1.51. The molecule has 1 aliphatic rings. The van der Waals surface area contributed by atoms with Crippen LogP contribution in [-0.4, -0.2) is 47.8 Å². The standard InChI is InChI=1S/C17H21N3O4S/c1-25(22,23)19-9-7-15(8-10-19)17(21)24-13-14-11-18-20(12-14)16-5-3-2-4-6-16/h2-6,11-12,15H,7-10,13H2,1H3. The zero-order valence-corrected chi connectivity index (χ0v) is 14.9. The summed E-state index contributed by atoms with van der Waals surface area (Å²) in [5, 5.41) is 4.27. The first-order valence-electron chi connectivity index (χ1n) is 8.14. The van der Waals surface area contributed by atoms with Gasteiger partial charge in [0.25, 0.3) is 0 Å². The molecule has 3 rings (SSSR count). The third-order valence-electron chi connectivity index (χ3n) is 4.29. The normalized spacial score (nSPS) is 16.7. The van der Waals surface area contributed by atoms with Gasteiger partial charge in [0.1, 0.15) is 6.61 Å². The lowest BCUT2D eigenvalue weighted by Crippen LogP contribution is -2.40. The van der Waals surface area contributed by atoms with Crippen molar-refractivity contribution in [1.82, 2.24) is 14.1 Å². The molecule has 1 aromatic carbocycles. The van der Waals surface area contributed by atoms with Crippen molar-refractivity contribution in [2.24, 2.45) is 5.92 Å². The van der Waals surface area contributed by atoms with Gasteiger partial charge in [0, 0.05) is 24.8 Å². The van der Waals surface area contributed by atoms with Crippen molar-refractivity contribution >= 4 is 16.0 Å². The Bertz CT molecular complexity index is 825. The molecule has 0 saturated carbocycles. The second kappa shape index (κ2) is 7.37. The number of benzene rings is 1. The minimum absolute atomic E-state index is 0.165. The van der Waals surface area contributed by atoms with E-state index in [9.17, 15) is 13.2 Å². The summed E-state index contributed by atoms with van der Waals surface area (Å²) < 4.78 is 31.5. The highest BCUT2D eigenvalue weighted by Crippen LogP contribution is 2.21. The van der Waals surface area contributed by atoms with Gasteiger partial charge in [-0.1, -0.05) is 18.2 Å². The molecule has 0 spiro atoms. The van der Waals surface area contributed by atoms with Crippen molar-refractivity contribution in [2.75, 3.05) is 19.3 Å². The number of hydrogen-bond acceptors (Lipinski definition) is 5. The Hall–Kier alpha value is -2.19. The SMILES string of the molecule is CS(=O)(=O)N1CCC(C(=O)OCc2cnn(-c3ccccc3)c2)CC1. The first kappa shape index (κ1) is 17.6. The maximum absolute atomic E-state index is 12.2. The van der Waals surface area contributed by atoms with Crippen LogP contribution < -0.4 is 0 Å². The van der Waals surface area contributed by atoms with Gasteiger partial charge in [0.2, 0.25) is 10.0 Å². The maximum Gasteiger partial charge on any atom is 0.309 e. The molecule has 2 aromatic rings. The Labute approximate surface area is 147 Å². The van der Waals surface area contributed by atoms with Crippen molar-refractivity contribution in [3.05, 3.63) is 48.3 Å². The van der Waals surface area contributed by atoms with Crippen LogP contribution in [0.4, 0.5) is 0 Å². The molecule has 0 amide bonds. The molecule has 0 aliphatic carbocycles. The highest BCUT2D eigenvalue weighted by molar-refractivity contribution is 7.88. The molecule has 1 aliphatic heterocycles. The highest BCUT2D eigenvalue weighted by Gasteiger charge is 2.29. The van der Waals surface area contributed by atoms with Crippen LogP contribution in [0.25, 0.3) is 5.69 Å². The van der Waals surface area contributed by atoms with Crippen LogP contribution >= 0.6 is 0 Å². The monoisotopic (exact) mass is 363 g/mol. The minimum atomic E-state index is -3.18. The molecule has 1 fully saturated rings. The van der Waals surface area contributed by atoms with Crippen molar-refractivity contribution in [2.45, 2.75) is 19.4 Å². The number of sulfonamides is 1. The molecule has 1 saturated heterocycles. The van der Waals surface area contributed by atoms with E-state index in [1.807, 2.05) is 36.5 Å². The van der Waals surface area contributed by atoms with Gasteiger partial charge >= 0.3 is 5.97 Å². The minimum Gasteiger partial charge on any atom is -0.460 e. The predicted octanol–water partition coefficient (Wildman–Crippen LogP) is 1.59. The molecule has 0 atom stereocenters. The number of carbonyl (C=O) groups excluding carboxylic acids is 1. The molecule has 0 bridgehead atoms. The first-order valence-corrected chi connectivity index (χ1v) is 9.99. The second-order valence-corrected chi connectivity index (χ2v) is 8.16. The van der Waals surface area contributed by atoms with Gasteiger partial charge in [-0.25, -0.2) is 17.4 Å². The number of para-hydroxylation sites is 1. The molecule has 134 valence electrons. The maximum atomic E-state index is 12.2. The third-order valence-corrected chi connectivity index (χ3v) is 5.60. The van der Waals surface area contributed by atoms with Gasteiger partial charge in [-0.2, -0.15) is 5.10 Å². The quantitative estimate of drug-likeness (QED) is 0.754. The molecule has 7 nitrogen and oxygen atoms in total. The van der Waals surface area contributed by atoms with Crippen LogP contribution in [0.15, 0.2) is 42.7 Å². The van der Waals surface area contributed by atoms with E-state index in [2.05, 4.69) is 5.10 Å². The summed E-state index contributed by atoms with van der Waals surface area (Å²) >= 11 is 0. The number of hydrogen-bond donors (Lipinski definition) is 0. The molecule has 2 heterocycles. The summed E-state index contributed by atoms with van der Waals surface area (Å²) in [4.78, 5) is 12.2. The number of esters is 1. The predicted molar refractivity (Wildman–Crippen MR) is 92.5 cm³/mol. The number of nitrogens with zero attached hydrogens (tertiary/aromatic N) is 3. The van der Waals surface area contributed by atoms with Gasteiger partial charge in [-0.05, 0) is 25.0 Å². The summed E-state index contributed by atoms with van der Waals surface area (Å²) in [6.07, 6.45) is 5.68. The van der Waals surface area contributed by atoms with E-state index < -0.39 is 10.0 Å². The van der Waals surface area contributed by atoms with Crippen LogP contribution in [0.5, 0.6) is 0 Å². The largest absolute Gasteiger partial charge is 0.460 e. The molecule has 1 aromatic heterocycles. The molecular weight excluding hydrogens is 342 g/mol. The fraction of sp³-hybridized carbons (Fsp3) is 0.412. The smallest absolute Gasteiger partial charge is 0.309 e. The Morgan fingerprint density at radius 3 is 2.56 bits per heavy atom. The second-order valence-electron chi connectivity index (χ2n) is 6.17. The first-order chi connectivity index (χ1) is 11.9. The fourth-order valence-electron chi connectivity index (χ4n) is 2.85. The zero-order valence-electron chi connectivity index (χ0n) is 14.0. The number of ether oxygens (including phenoxy) is 1. The van der Waals surface area contributed by atoms with E-state index in [0.29, 0.717) is 25.9 Å². The van der Waals surface area contributed by atoms with Crippen molar-refractivity contribution < 1.29 is 17.9 Å². The molecule has 8 heteroatoms. The van der Waals surface area contributed by atoms with E-state index in [1.54, 1.807) is 10.9 Å². The Kier molecular flexibility index (Phi) is 5.19. The van der Waals surface area contributed by atoms with Gasteiger partial charge < -0.3 is 4.74 Å². The van der Waals surface area contributed by atoms with Crippen molar-refractivity contribution in [1.29, 1.82) is 0 Å². The summed E-state index contributed by atoms with van der Waals surface area (Å²) in [5.74, 6) is -0.525. The molecule has 0 unspecified atom stereocenters. The lowest BCUT2D eigenvalue weighted by molar-refractivity contribution is -0.151. The highest BCUT2D eigenvalue weighted by atomic mass is 32.2. The fourth-order valence-corrected chi connectivity index (χ4v) is 3.73. The van der Waals surface area contributed by atoms with E-state index >= 15 is 0 Å². The van der Waals surface area contributed by atoms with E-state index in [4.69, 9.17) is 4.74 Å². The van der Waals surface area contributed by atoms with Crippen LogP contribution in [0, 0.1) is 5.92 Å². The summed E-state index contributed by atoms with van der Waals surface area (Å²) in [7, 11) is -3.18. The Morgan fingerprint density at radius 2 is 1.92 bits per heavy atom. The summed E-state index contributed by atoms with van der Waals surface area (Å²) in [6.45, 7) is 0.896. The molecule has 25 heavy (non-hydrogen) atoms. The van der Waals surface area contributed by atoms with Crippen LogP contribution in [0.1, 0.15) is 18.4 Å². The average molecular weight is 363 g/mol. The Morgan fingerprint density at radius 1 is 1.24 bits per heavy atom. The average Bonchev–Trinajstić information content (AvgIpc) is 3.09. The number of carbonyl (C=O) groups is 1. The molecule has 0 radical (unpaired) electrons. The van der Waals surface area contributed by atoms with Crippen LogP contribution in [0.3, 0.4) is 0 Å². The van der Waals surface area contributed by atoms with Gasteiger partial charge in [0.15, 0.2) is 0 Å². The van der Waals surface area contributed by atoms with Gasteiger partial charge in [-0.3, -0.25) is 4.79 Å².